The summed E-state index contributed by atoms with van der Waals surface area (Å²) >= 11 is 1.44. The molecule has 2 aromatic rings. The maximum Gasteiger partial charge on any atom is 0.273 e. The molecule has 6 heteroatoms. The van der Waals surface area contributed by atoms with E-state index in [2.05, 4.69) is 36.3 Å². The number of amides is 2. The number of nitrogens with zero attached hydrogens (tertiary/aromatic N) is 2. The standard InChI is InChI=1S/C18H23N3O2S/c1-5-21(10-16(22)19-4)18(23)15-11-24-17(20-15)14-8-6-13(7-9-14)12(2)3/h6-9,11-12H,5,10H2,1-4H3,(H,19,22). The van der Waals surface area contributed by atoms with Crippen molar-refractivity contribution in [2.45, 2.75) is 26.7 Å². The predicted molar refractivity (Wildman–Crippen MR) is 97.3 cm³/mol. The molecule has 1 heterocycles. The van der Waals surface area contributed by atoms with Crippen molar-refractivity contribution in [3.05, 3.63) is 40.9 Å². The van der Waals surface area contributed by atoms with Gasteiger partial charge in [0, 0.05) is 24.5 Å². The molecule has 0 fully saturated rings. The summed E-state index contributed by atoms with van der Waals surface area (Å²) in [6.45, 7) is 6.66. The molecular formula is C18H23N3O2S. The Hall–Kier alpha value is -2.21. The van der Waals surface area contributed by atoms with Gasteiger partial charge in [0.25, 0.3) is 5.91 Å². The van der Waals surface area contributed by atoms with Gasteiger partial charge >= 0.3 is 0 Å². The van der Waals surface area contributed by atoms with E-state index in [0.717, 1.165) is 10.6 Å². The van der Waals surface area contributed by atoms with Gasteiger partial charge in [0.2, 0.25) is 5.91 Å². The fourth-order valence-electron chi connectivity index (χ4n) is 2.26. The van der Waals surface area contributed by atoms with Gasteiger partial charge < -0.3 is 10.2 Å². The van der Waals surface area contributed by atoms with E-state index in [-0.39, 0.29) is 18.4 Å². The van der Waals surface area contributed by atoms with E-state index in [9.17, 15) is 9.59 Å². The van der Waals surface area contributed by atoms with Crippen LogP contribution in [0.5, 0.6) is 0 Å². The van der Waals surface area contributed by atoms with Crippen molar-refractivity contribution < 1.29 is 9.59 Å². The largest absolute Gasteiger partial charge is 0.358 e. The van der Waals surface area contributed by atoms with E-state index in [1.54, 1.807) is 12.4 Å². The summed E-state index contributed by atoms with van der Waals surface area (Å²) in [5.41, 5.74) is 2.65. The van der Waals surface area contributed by atoms with Crippen LogP contribution in [-0.2, 0) is 4.79 Å². The number of rotatable bonds is 6. The molecule has 0 bridgehead atoms. The molecule has 2 rings (SSSR count). The highest BCUT2D eigenvalue weighted by atomic mass is 32.1. The van der Waals surface area contributed by atoms with Crippen molar-refractivity contribution in [3.63, 3.8) is 0 Å². The number of aromatic nitrogens is 1. The molecule has 0 saturated carbocycles. The minimum Gasteiger partial charge on any atom is -0.358 e. The number of hydrogen-bond donors (Lipinski definition) is 1. The summed E-state index contributed by atoms with van der Waals surface area (Å²) in [4.78, 5) is 30.0. The summed E-state index contributed by atoms with van der Waals surface area (Å²) in [5.74, 6) is 0.0719. The van der Waals surface area contributed by atoms with Crippen LogP contribution >= 0.6 is 11.3 Å². The lowest BCUT2D eigenvalue weighted by molar-refractivity contribution is -0.121. The van der Waals surface area contributed by atoms with E-state index >= 15 is 0 Å². The first-order chi connectivity index (χ1) is 11.5. The summed E-state index contributed by atoms with van der Waals surface area (Å²) < 4.78 is 0. The number of nitrogens with one attached hydrogen (secondary N) is 1. The topological polar surface area (TPSA) is 62.3 Å². The van der Waals surface area contributed by atoms with Gasteiger partial charge in [-0.15, -0.1) is 11.3 Å². The first-order valence-corrected chi connectivity index (χ1v) is 8.90. The molecule has 0 spiro atoms. The fraction of sp³-hybridized carbons (Fsp3) is 0.389. The Balaban J connectivity index is 2.16. The predicted octanol–water partition coefficient (Wildman–Crippen LogP) is 3.14. The smallest absolute Gasteiger partial charge is 0.273 e. The lowest BCUT2D eigenvalue weighted by atomic mass is 10.0. The average Bonchev–Trinajstić information content (AvgIpc) is 3.08. The third-order valence-electron chi connectivity index (χ3n) is 3.83. The van der Waals surface area contributed by atoms with Crippen LogP contribution in [-0.4, -0.2) is 41.8 Å². The van der Waals surface area contributed by atoms with E-state index in [1.165, 1.54) is 21.8 Å². The molecule has 1 N–H and O–H groups in total. The normalized spacial score (nSPS) is 10.7. The second-order valence-corrected chi connectivity index (χ2v) is 6.67. The quantitative estimate of drug-likeness (QED) is 0.875. The van der Waals surface area contributed by atoms with E-state index < -0.39 is 0 Å². The molecule has 1 aromatic heterocycles. The monoisotopic (exact) mass is 345 g/mol. The van der Waals surface area contributed by atoms with Crippen LogP contribution in [0.4, 0.5) is 0 Å². The van der Waals surface area contributed by atoms with Crippen LogP contribution in [0.1, 0.15) is 42.7 Å². The van der Waals surface area contributed by atoms with Crippen LogP contribution in [0.2, 0.25) is 0 Å². The summed E-state index contributed by atoms with van der Waals surface area (Å²) in [5, 5.41) is 5.09. The second-order valence-electron chi connectivity index (χ2n) is 5.81. The number of likely N-dealkylation sites (N-methyl/N-ethyl adjacent to an activating group) is 2. The summed E-state index contributed by atoms with van der Waals surface area (Å²) in [7, 11) is 1.56. The van der Waals surface area contributed by atoms with Gasteiger partial charge in [-0.1, -0.05) is 38.1 Å². The van der Waals surface area contributed by atoms with Crippen LogP contribution in [0.25, 0.3) is 10.6 Å². The number of thiazole rings is 1. The molecule has 1 aromatic carbocycles. The molecule has 0 radical (unpaired) electrons. The lowest BCUT2D eigenvalue weighted by Gasteiger charge is -2.18. The Morgan fingerprint density at radius 2 is 1.92 bits per heavy atom. The molecular weight excluding hydrogens is 322 g/mol. The van der Waals surface area contributed by atoms with Crippen molar-refractivity contribution in [2.75, 3.05) is 20.1 Å². The Morgan fingerprint density at radius 3 is 2.46 bits per heavy atom. The van der Waals surface area contributed by atoms with Gasteiger partial charge in [-0.3, -0.25) is 9.59 Å². The van der Waals surface area contributed by atoms with E-state index in [1.807, 2.05) is 19.1 Å². The van der Waals surface area contributed by atoms with Crippen LogP contribution in [0, 0.1) is 0 Å². The third kappa shape index (κ3) is 4.20. The lowest BCUT2D eigenvalue weighted by Crippen LogP contribution is -2.39. The molecule has 0 aliphatic carbocycles. The van der Waals surface area contributed by atoms with Crippen LogP contribution in [0.3, 0.4) is 0 Å². The van der Waals surface area contributed by atoms with E-state index in [4.69, 9.17) is 0 Å². The number of carbonyl (C=O) groups is 2. The Labute approximate surface area is 146 Å². The molecule has 128 valence electrons. The summed E-state index contributed by atoms with van der Waals surface area (Å²) in [6, 6.07) is 8.24. The minimum absolute atomic E-state index is 0.0434. The third-order valence-corrected chi connectivity index (χ3v) is 4.72. The van der Waals surface area contributed by atoms with Crippen molar-refractivity contribution >= 4 is 23.2 Å². The fourth-order valence-corrected chi connectivity index (χ4v) is 3.06. The van der Waals surface area contributed by atoms with Crippen molar-refractivity contribution in [3.8, 4) is 10.6 Å². The van der Waals surface area contributed by atoms with Crippen molar-refractivity contribution in [2.24, 2.45) is 0 Å². The molecule has 2 amide bonds. The van der Waals surface area contributed by atoms with E-state index in [0.29, 0.717) is 18.2 Å². The number of carbonyl (C=O) groups excluding carboxylic acids is 2. The maximum absolute atomic E-state index is 12.5. The molecule has 0 aliphatic rings. The maximum atomic E-state index is 12.5. The highest BCUT2D eigenvalue weighted by Gasteiger charge is 2.20. The highest BCUT2D eigenvalue weighted by molar-refractivity contribution is 7.13. The Bertz CT molecular complexity index is 707. The SMILES string of the molecule is CCN(CC(=O)NC)C(=O)c1csc(-c2ccc(C(C)C)cc2)n1. The zero-order valence-electron chi connectivity index (χ0n) is 14.5. The Morgan fingerprint density at radius 1 is 1.25 bits per heavy atom. The molecule has 0 saturated heterocycles. The molecule has 5 nitrogen and oxygen atoms in total. The highest BCUT2D eigenvalue weighted by Crippen LogP contribution is 2.26. The van der Waals surface area contributed by atoms with Crippen LogP contribution < -0.4 is 5.32 Å². The first kappa shape index (κ1) is 18.1. The van der Waals surface area contributed by atoms with Gasteiger partial charge in [0.05, 0.1) is 6.54 Å². The average molecular weight is 345 g/mol. The van der Waals surface area contributed by atoms with Crippen molar-refractivity contribution in [1.29, 1.82) is 0 Å². The second kappa shape index (κ2) is 8.06. The van der Waals surface area contributed by atoms with Crippen molar-refractivity contribution in [1.82, 2.24) is 15.2 Å². The Kier molecular flexibility index (Phi) is 6.09. The molecule has 24 heavy (non-hydrogen) atoms. The first-order valence-electron chi connectivity index (χ1n) is 8.02. The number of hydrogen-bond acceptors (Lipinski definition) is 4. The zero-order chi connectivity index (χ0) is 17.7. The van der Waals surface area contributed by atoms with Gasteiger partial charge in [0.1, 0.15) is 10.7 Å². The van der Waals surface area contributed by atoms with Gasteiger partial charge in [0.15, 0.2) is 0 Å². The number of benzene rings is 1. The summed E-state index contributed by atoms with van der Waals surface area (Å²) in [6.07, 6.45) is 0. The molecule has 0 atom stereocenters. The van der Waals surface area contributed by atoms with Gasteiger partial charge in [-0.25, -0.2) is 4.98 Å². The van der Waals surface area contributed by atoms with Gasteiger partial charge in [-0.2, -0.15) is 0 Å². The van der Waals surface area contributed by atoms with Crippen LogP contribution in [0.15, 0.2) is 29.6 Å². The molecule has 0 aliphatic heterocycles. The van der Waals surface area contributed by atoms with Gasteiger partial charge in [-0.05, 0) is 18.4 Å². The zero-order valence-corrected chi connectivity index (χ0v) is 15.3. The minimum atomic E-state index is -0.220. The molecule has 0 unspecified atom stereocenters.